The zero-order chi connectivity index (χ0) is 16.7. The molecule has 0 saturated heterocycles. The van der Waals surface area contributed by atoms with Crippen LogP contribution in [0.3, 0.4) is 0 Å². The normalized spacial score (nSPS) is 19.2. The molecule has 1 aliphatic heterocycles. The van der Waals surface area contributed by atoms with Gasteiger partial charge in [-0.1, -0.05) is 42.5 Å². The van der Waals surface area contributed by atoms with E-state index in [0.717, 1.165) is 22.3 Å². The fraction of sp³-hybridized carbons (Fsp3) is 0.150. The molecule has 2 heterocycles. The number of ether oxygens (including phenoxy) is 1. The molecule has 24 heavy (non-hydrogen) atoms. The van der Waals surface area contributed by atoms with Crippen LogP contribution < -0.4 is 0 Å². The minimum atomic E-state index is -0.900. The minimum Gasteiger partial charge on any atom is -0.506 e. The number of aryl methyl sites for hydroxylation is 1. The molecule has 1 unspecified atom stereocenters. The van der Waals surface area contributed by atoms with Crippen molar-refractivity contribution < 1.29 is 14.2 Å². The van der Waals surface area contributed by atoms with Gasteiger partial charge in [0.25, 0.3) is 0 Å². The lowest BCUT2D eigenvalue weighted by molar-refractivity contribution is 0.0263. The van der Waals surface area contributed by atoms with Crippen LogP contribution in [0.5, 0.6) is 5.75 Å². The van der Waals surface area contributed by atoms with Crippen molar-refractivity contribution in [3.63, 3.8) is 0 Å². The van der Waals surface area contributed by atoms with E-state index in [9.17, 15) is 9.50 Å². The smallest absolute Gasteiger partial charge is 0.146 e. The van der Waals surface area contributed by atoms with E-state index in [4.69, 9.17) is 4.74 Å². The Morgan fingerprint density at radius 2 is 1.71 bits per heavy atom. The molecule has 3 nitrogen and oxygen atoms in total. The quantitative estimate of drug-likeness (QED) is 0.774. The number of halogens is 1. The molecule has 2 aromatic carbocycles. The second-order valence-electron chi connectivity index (χ2n) is 5.93. The summed E-state index contributed by atoms with van der Waals surface area (Å²) in [6, 6.07) is 16.0. The van der Waals surface area contributed by atoms with E-state index in [0.29, 0.717) is 5.69 Å². The Balaban J connectivity index is 2.02. The lowest BCUT2D eigenvalue weighted by atomic mass is 9.80. The summed E-state index contributed by atoms with van der Waals surface area (Å²) in [6.45, 7) is 2.03. The number of hydrogen-bond acceptors (Lipinski definition) is 3. The van der Waals surface area contributed by atoms with Crippen molar-refractivity contribution in [3.8, 4) is 5.75 Å². The van der Waals surface area contributed by atoms with E-state index in [-0.39, 0.29) is 18.2 Å². The number of aromatic hydroxyl groups is 1. The van der Waals surface area contributed by atoms with Crippen LogP contribution in [-0.4, -0.2) is 10.1 Å². The van der Waals surface area contributed by atoms with Crippen molar-refractivity contribution in [3.05, 3.63) is 94.6 Å². The van der Waals surface area contributed by atoms with Crippen LogP contribution in [0.2, 0.25) is 0 Å². The molecule has 1 aromatic heterocycles. The molecule has 120 valence electrons. The molecule has 0 amide bonds. The Kier molecular flexibility index (Phi) is 3.36. The molecular formula is C20H16FNO2. The maximum Gasteiger partial charge on any atom is 0.146 e. The molecule has 1 atom stereocenters. The molecule has 0 bridgehead atoms. The van der Waals surface area contributed by atoms with Crippen molar-refractivity contribution in [2.75, 3.05) is 0 Å². The van der Waals surface area contributed by atoms with Crippen LogP contribution in [0.25, 0.3) is 0 Å². The Morgan fingerprint density at radius 3 is 2.42 bits per heavy atom. The molecule has 1 aliphatic rings. The summed E-state index contributed by atoms with van der Waals surface area (Å²) in [6.07, 6.45) is 1.74. The van der Waals surface area contributed by atoms with Crippen LogP contribution in [0.15, 0.2) is 60.8 Å². The number of pyridine rings is 1. The summed E-state index contributed by atoms with van der Waals surface area (Å²) in [7, 11) is 0. The summed E-state index contributed by atoms with van der Waals surface area (Å²) < 4.78 is 19.7. The van der Waals surface area contributed by atoms with E-state index in [1.165, 1.54) is 12.1 Å². The van der Waals surface area contributed by atoms with E-state index in [1.54, 1.807) is 25.3 Å². The predicted octanol–water partition coefficient (Wildman–Crippen LogP) is 4.06. The van der Waals surface area contributed by atoms with Gasteiger partial charge in [0.05, 0.1) is 12.3 Å². The molecule has 0 saturated carbocycles. The fourth-order valence-corrected chi connectivity index (χ4v) is 3.36. The first-order valence-corrected chi connectivity index (χ1v) is 7.76. The van der Waals surface area contributed by atoms with Gasteiger partial charge in [-0.3, -0.25) is 4.98 Å². The van der Waals surface area contributed by atoms with Crippen molar-refractivity contribution in [2.24, 2.45) is 0 Å². The van der Waals surface area contributed by atoms with E-state index in [2.05, 4.69) is 4.98 Å². The molecule has 0 aliphatic carbocycles. The topological polar surface area (TPSA) is 42.4 Å². The highest BCUT2D eigenvalue weighted by molar-refractivity contribution is 5.55. The third-order valence-electron chi connectivity index (χ3n) is 4.58. The van der Waals surface area contributed by atoms with Crippen molar-refractivity contribution in [1.29, 1.82) is 0 Å². The first-order chi connectivity index (χ1) is 11.6. The summed E-state index contributed by atoms with van der Waals surface area (Å²) >= 11 is 0. The minimum absolute atomic E-state index is 0.160. The van der Waals surface area contributed by atoms with Gasteiger partial charge in [0.2, 0.25) is 0 Å². The average molecular weight is 321 g/mol. The lowest BCUT2D eigenvalue weighted by Crippen LogP contribution is -2.28. The van der Waals surface area contributed by atoms with Crippen LogP contribution in [0.1, 0.15) is 27.9 Å². The Morgan fingerprint density at radius 1 is 1.04 bits per heavy atom. The Labute approximate surface area is 139 Å². The third kappa shape index (κ3) is 2.03. The van der Waals surface area contributed by atoms with Crippen molar-refractivity contribution in [1.82, 2.24) is 4.98 Å². The van der Waals surface area contributed by atoms with Crippen LogP contribution in [-0.2, 0) is 16.9 Å². The summed E-state index contributed by atoms with van der Waals surface area (Å²) in [5.74, 6) is -0.141. The molecule has 0 fully saturated rings. The van der Waals surface area contributed by atoms with Gasteiger partial charge in [0.1, 0.15) is 17.2 Å². The number of hydrogen-bond donors (Lipinski definition) is 1. The van der Waals surface area contributed by atoms with Gasteiger partial charge < -0.3 is 9.84 Å². The Bertz CT molecular complexity index is 894. The maximum atomic E-state index is 13.4. The van der Waals surface area contributed by atoms with Gasteiger partial charge in [-0.15, -0.1) is 0 Å². The molecule has 1 N–H and O–H groups in total. The molecular weight excluding hydrogens is 305 g/mol. The lowest BCUT2D eigenvalue weighted by Gasteiger charge is -2.31. The largest absolute Gasteiger partial charge is 0.506 e. The van der Waals surface area contributed by atoms with Gasteiger partial charge in [-0.2, -0.15) is 0 Å². The Hall–Kier alpha value is -2.72. The number of rotatable bonds is 2. The van der Waals surface area contributed by atoms with Crippen molar-refractivity contribution in [2.45, 2.75) is 19.1 Å². The number of nitrogens with zero attached hydrogens (tertiary/aromatic N) is 1. The van der Waals surface area contributed by atoms with E-state index in [1.807, 2.05) is 30.3 Å². The summed E-state index contributed by atoms with van der Waals surface area (Å²) in [5.41, 5.74) is 2.92. The first-order valence-electron chi connectivity index (χ1n) is 7.76. The second kappa shape index (κ2) is 5.42. The van der Waals surface area contributed by atoms with Crippen LogP contribution in [0.4, 0.5) is 4.39 Å². The monoisotopic (exact) mass is 321 g/mol. The number of benzene rings is 2. The molecule has 0 spiro atoms. The third-order valence-corrected chi connectivity index (χ3v) is 4.58. The highest BCUT2D eigenvalue weighted by Gasteiger charge is 2.45. The summed E-state index contributed by atoms with van der Waals surface area (Å²) in [4.78, 5) is 4.31. The van der Waals surface area contributed by atoms with Gasteiger partial charge in [-0.25, -0.2) is 4.39 Å². The molecule has 4 rings (SSSR count). The molecule has 0 radical (unpaired) electrons. The SMILES string of the molecule is Cc1ncc2c(c1O)COC2(c1ccccc1)c1ccc(F)cc1. The van der Waals surface area contributed by atoms with Gasteiger partial charge in [0.15, 0.2) is 0 Å². The molecule has 4 heteroatoms. The summed E-state index contributed by atoms with van der Waals surface area (Å²) in [5, 5.41) is 10.4. The van der Waals surface area contributed by atoms with E-state index >= 15 is 0 Å². The van der Waals surface area contributed by atoms with Crippen molar-refractivity contribution >= 4 is 0 Å². The second-order valence-corrected chi connectivity index (χ2v) is 5.93. The van der Waals surface area contributed by atoms with Crippen LogP contribution in [0, 0.1) is 12.7 Å². The van der Waals surface area contributed by atoms with E-state index < -0.39 is 5.60 Å². The zero-order valence-corrected chi connectivity index (χ0v) is 13.2. The standard InChI is InChI=1S/C20H16FNO2/c1-13-19(23)17-12-24-20(18(17)11-22-13,14-5-3-2-4-6-14)15-7-9-16(21)10-8-15/h2-11,23H,12H2,1H3. The van der Waals surface area contributed by atoms with Crippen LogP contribution >= 0.6 is 0 Å². The number of fused-ring (bicyclic) bond motifs is 1. The maximum absolute atomic E-state index is 13.4. The number of aromatic nitrogens is 1. The van der Waals surface area contributed by atoms with Gasteiger partial charge >= 0.3 is 0 Å². The first kappa shape index (κ1) is 14.8. The van der Waals surface area contributed by atoms with Gasteiger partial charge in [0, 0.05) is 17.3 Å². The van der Waals surface area contributed by atoms with Gasteiger partial charge in [-0.05, 0) is 30.2 Å². The highest BCUT2D eigenvalue weighted by atomic mass is 19.1. The fourth-order valence-electron chi connectivity index (χ4n) is 3.36. The average Bonchev–Trinajstić information content (AvgIpc) is 3.01. The highest BCUT2D eigenvalue weighted by Crippen LogP contribution is 2.49. The zero-order valence-electron chi connectivity index (χ0n) is 13.2. The predicted molar refractivity (Wildman–Crippen MR) is 88.2 cm³/mol. The molecule has 3 aromatic rings.